The Morgan fingerprint density at radius 2 is 1.53 bits per heavy atom. The highest BCUT2D eigenvalue weighted by atomic mass is 32.2. The van der Waals surface area contributed by atoms with Gasteiger partial charge in [-0.1, -0.05) is 36.8 Å². The maximum absolute atomic E-state index is 12.1. The van der Waals surface area contributed by atoms with Crippen molar-refractivity contribution in [3.05, 3.63) is 101 Å². The van der Waals surface area contributed by atoms with Crippen LogP contribution >= 0.6 is 0 Å². The number of fused-ring (bicyclic) bond motifs is 2. The number of benzene rings is 3. The number of hydrogen-bond donors (Lipinski definition) is 2. The van der Waals surface area contributed by atoms with E-state index < -0.39 is 25.7 Å². The highest BCUT2D eigenvalue weighted by Gasteiger charge is 2.45. The van der Waals surface area contributed by atoms with E-state index in [1.165, 1.54) is 47.1 Å². The Bertz CT molecular complexity index is 2060. The Kier molecular flexibility index (Phi) is 8.38. The summed E-state index contributed by atoms with van der Waals surface area (Å²) in [6.07, 6.45) is 5.21. The first-order valence-corrected chi connectivity index (χ1v) is 17.8. The van der Waals surface area contributed by atoms with Crippen LogP contribution in [0.15, 0.2) is 93.7 Å². The van der Waals surface area contributed by atoms with Crippen LogP contribution in [0.1, 0.15) is 70.6 Å². The van der Waals surface area contributed by atoms with Crippen LogP contribution in [0, 0.1) is 6.92 Å². The van der Waals surface area contributed by atoms with Crippen LogP contribution in [0.25, 0.3) is 0 Å². The average molecular weight is 648 g/mol. The summed E-state index contributed by atoms with van der Waals surface area (Å²) in [4.78, 5) is 1.25. The Morgan fingerprint density at radius 1 is 0.844 bits per heavy atom. The summed E-state index contributed by atoms with van der Waals surface area (Å²) in [5.41, 5.74) is 12.4. The molecule has 2 N–H and O–H groups in total. The molecule has 8 nitrogen and oxygen atoms in total. The Hall–Kier alpha value is -3.75. The second kappa shape index (κ2) is 11.6. The Balaban J connectivity index is 1.75. The molecule has 236 valence electrons. The average Bonchev–Trinajstić information content (AvgIpc) is 3.30. The van der Waals surface area contributed by atoms with Gasteiger partial charge in [0.1, 0.15) is 6.54 Å². The lowest BCUT2D eigenvalue weighted by Crippen LogP contribution is -2.27. The minimum atomic E-state index is -4.49. The van der Waals surface area contributed by atoms with Gasteiger partial charge in [-0.25, -0.2) is 0 Å². The lowest BCUT2D eigenvalue weighted by molar-refractivity contribution is -0.438. The molecular formula is C35H39N2O6S2+. The van der Waals surface area contributed by atoms with Gasteiger partial charge in [0, 0.05) is 29.2 Å². The van der Waals surface area contributed by atoms with E-state index in [1.807, 2.05) is 19.9 Å². The van der Waals surface area contributed by atoms with Crippen LogP contribution in [0.3, 0.4) is 0 Å². The number of nitrogens with zero attached hydrogens (tertiary/aromatic N) is 2. The summed E-state index contributed by atoms with van der Waals surface area (Å²) < 4.78 is 70.1. The van der Waals surface area contributed by atoms with E-state index in [9.17, 15) is 25.9 Å². The maximum atomic E-state index is 12.1. The predicted molar refractivity (Wildman–Crippen MR) is 176 cm³/mol. The molecule has 2 aliphatic rings. The Morgan fingerprint density at radius 3 is 2.20 bits per heavy atom. The fraction of sp³-hybridized carbons (Fsp3) is 0.343. The zero-order valence-electron chi connectivity index (χ0n) is 26.4. The molecule has 2 heterocycles. The monoisotopic (exact) mass is 647 g/mol. The van der Waals surface area contributed by atoms with Crippen molar-refractivity contribution in [3.63, 3.8) is 0 Å². The van der Waals surface area contributed by atoms with Gasteiger partial charge in [-0.3, -0.25) is 9.11 Å². The van der Waals surface area contributed by atoms with Gasteiger partial charge in [0.05, 0.1) is 32.7 Å². The molecular weight excluding hydrogens is 609 g/mol. The minimum absolute atomic E-state index is 0.249. The van der Waals surface area contributed by atoms with Gasteiger partial charge in [0.15, 0.2) is 0 Å². The SMILES string of the molecule is CCCCC[N+]1=C(C=C=C=C2N(c3cccc(S(=O)(=O)O)c3)c3ccc(S(=O)(=O)O)cc3C2(C)C)C(C)(C)c2cc(C)ccc21. The molecule has 0 radical (unpaired) electrons. The fourth-order valence-electron chi connectivity index (χ4n) is 6.35. The Labute approximate surface area is 266 Å². The third kappa shape index (κ3) is 5.98. The third-order valence-electron chi connectivity index (χ3n) is 8.80. The first-order chi connectivity index (χ1) is 21.0. The number of allylic oxidation sites excluding steroid dienone is 2. The van der Waals surface area contributed by atoms with E-state index in [0.29, 0.717) is 22.6 Å². The molecule has 0 aliphatic carbocycles. The lowest BCUT2D eigenvalue weighted by atomic mass is 9.81. The van der Waals surface area contributed by atoms with Crippen LogP contribution < -0.4 is 4.90 Å². The van der Waals surface area contributed by atoms with Crippen LogP contribution in [-0.2, 0) is 31.1 Å². The van der Waals surface area contributed by atoms with Crippen molar-refractivity contribution < 1.29 is 30.5 Å². The topological polar surface area (TPSA) is 115 Å². The summed E-state index contributed by atoms with van der Waals surface area (Å²) in [5.74, 6) is 0. The molecule has 0 spiro atoms. The standard InChI is InChI=1S/C35H38N2O6S2/c1-7-8-9-20-36-30-18-16-24(2)21-28(30)34(3,4)32(36)14-11-15-33-35(5,6)29-23-27(45(41,42)43)17-19-31(29)37(33)25-12-10-13-26(22-25)44(38,39)40/h10,12-14,16-19,21-23H,7-9,20H2,1-6H3,(H-,38,39,40,41,42,43)/p+1. The number of unbranched alkanes of at least 4 members (excludes halogenated alkanes) is 2. The third-order valence-corrected chi connectivity index (χ3v) is 10.5. The molecule has 0 bridgehead atoms. The molecule has 3 aromatic rings. The van der Waals surface area contributed by atoms with E-state index in [1.54, 1.807) is 17.0 Å². The summed E-state index contributed by atoms with van der Waals surface area (Å²) in [6.45, 7) is 13.3. The van der Waals surface area contributed by atoms with Crippen molar-refractivity contribution >= 4 is 43.0 Å². The molecule has 0 atom stereocenters. The molecule has 0 fully saturated rings. The highest BCUT2D eigenvalue weighted by Crippen LogP contribution is 2.51. The van der Waals surface area contributed by atoms with Gasteiger partial charge in [-0.05, 0) is 94.8 Å². The number of anilines is 2. The highest BCUT2D eigenvalue weighted by molar-refractivity contribution is 7.86. The molecule has 3 aromatic carbocycles. The largest absolute Gasteiger partial charge is 0.305 e. The zero-order valence-corrected chi connectivity index (χ0v) is 28.1. The molecule has 0 unspecified atom stereocenters. The van der Waals surface area contributed by atoms with Crippen LogP contribution in [0.2, 0.25) is 0 Å². The zero-order chi connectivity index (χ0) is 32.9. The van der Waals surface area contributed by atoms with Gasteiger partial charge in [-0.2, -0.15) is 21.4 Å². The summed E-state index contributed by atoms with van der Waals surface area (Å²) in [6, 6.07) is 16.7. The van der Waals surface area contributed by atoms with Crippen molar-refractivity contribution in [2.75, 3.05) is 11.4 Å². The fourth-order valence-corrected chi connectivity index (χ4v) is 7.37. The van der Waals surface area contributed by atoms with E-state index in [0.717, 1.165) is 31.5 Å². The molecule has 45 heavy (non-hydrogen) atoms. The number of rotatable bonds is 8. The summed E-state index contributed by atoms with van der Waals surface area (Å²) in [7, 11) is -8.97. The number of aryl methyl sites for hydroxylation is 1. The smallest absolute Gasteiger partial charge is 0.294 e. The van der Waals surface area contributed by atoms with Gasteiger partial charge < -0.3 is 4.90 Å². The second-order valence-corrected chi connectivity index (χ2v) is 15.6. The van der Waals surface area contributed by atoms with Gasteiger partial charge in [-0.15, -0.1) is 0 Å². The van der Waals surface area contributed by atoms with Gasteiger partial charge in [0.2, 0.25) is 11.4 Å². The molecule has 5 rings (SSSR count). The van der Waals surface area contributed by atoms with Gasteiger partial charge in [0.25, 0.3) is 20.2 Å². The van der Waals surface area contributed by atoms with Crippen molar-refractivity contribution in [1.82, 2.24) is 0 Å². The van der Waals surface area contributed by atoms with E-state index in [-0.39, 0.29) is 15.2 Å². The molecule has 10 heteroatoms. The maximum Gasteiger partial charge on any atom is 0.294 e. The van der Waals surface area contributed by atoms with E-state index in [4.69, 9.17) is 0 Å². The number of hydrogen-bond acceptors (Lipinski definition) is 5. The molecule has 0 saturated heterocycles. The lowest BCUT2D eigenvalue weighted by Gasteiger charge is -2.25. The quantitative estimate of drug-likeness (QED) is 0.113. The van der Waals surface area contributed by atoms with Crippen LogP contribution in [0.4, 0.5) is 17.1 Å². The second-order valence-electron chi connectivity index (χ2n) is 12.7. The van der Waals surface area contributed by atoms with Crippen molar-refractivity contribution in [1.29, 1.82) is 0 Å². The van der Waals surface area contributed by atoms with Crippen molar-refractivity contribution in [3.8, 4) is 0 Å². The predicted octanol–water partition coefficient (Wildman–Crippen LogP) is 7.38. The van der Waals surface area contributed by atoms with Crippen LogP contribution in [-0.4, -0.2) is 42.8 Å². The van der Waals surface area contributed by atoms with E-state index >= 15 is 0 Å². The minimum Gasteiger partial charge on any atom is -0.305 e. The van der Waals surface area contributed by atoms with Crippen molar-refractivity contribution in [2.45, 2.75) is 81.4 Å². The summed E-state index contributed by atoms with van der Waals surface area (Å²) >= 11 is 0. The molecule has 0 aromatic heterocycles. The van der Waals surface area contributed by atoms with Crippen LogP contribution in [0.5, 0.6) is 0 Å². The normalized spacial score (nSPS) is 16.7. The first kappa shape index (κ1) is 32.6. The van der Waals surface area contributed by atoms with Crippen molar-refractivity contribution in [2.24, 2.45) is 0 Å². The van der Waals surface area contributed by atoms with Gasteiger partial charge >= 0.3 is 0 Å². The molecule has 2 aliphatic heterocycles. The molecule has 0 saturated carbocycles. The molecule has 0 amide bonds. The van der Waals surface area contributed by atoms with E-state index in [2.05, 4.69) is 61.9 Å². The first-order valence-electron chi connectivity index (χ1n) is 15.0. The summed E-state index contributed by atoms with van der Waals surface area (Å²) in [5, 5.41) is 0.